The zero-order valence-electron chi connectivity index (χ0n) is 17.6. The van der Waals surface area contributed by atoms with Gasteiger partial charge in [-0.05, 0) is 25.0 Å². The minimum Gasteiger partial charge on any atom is -0.490 e. The highest BCUT2D eigenvalue weighted by Crippen LogP contribution is 2.31. The maximum absolute atomic E-state index is 6.25. The summed E-state index contributed by atoms with van der Waals surface area (Å²) in [5.41, 5.74) is -0.266. The molecule has 1 aromatic rings. The Balaban J connectivity index is 2.00. The zero-order valence-corrected chi connectivity index (χ0v) is 20.9. The third-order valence-electron chi connectivity index (χ3n) is 5.21. The summed E-state index contributed by atoms with van der Waals surface area (Å²) < 4.78 is 5.96. The summed E-state index contributed by atoms with van der Waals surface area (Å²) in [5.74, 6) is 0.789. The number of halogens is 3. The van der Waals surface area contributed by atoms with E-state index in [4.69, 9.17) is 38.0 Å². The topological polar surface area (TPSA) is 9.23 Å². The predicted molar refractivity (Wildman–Crippen MR) is 129 cm³/mol. The maximum atomic E-state index is 6.25. The lowest BCUT2D eigenvalue weighted by molar-refractivity contribution is 0.260. The van der Waals surface area contributed by atoms with Crippen LogP contribution in [0.15, 0.2) is 30.3 Å². The lowest BCUT2D eigenvalue weighted by Gasteiger charge is -2.23. The summed E-state index contributed by atoms with van der Waals surface area (Å²) >= 11 is 18.8. The van der Waals surface area contributed by atoms with Crippen molar-refractivity contribution in [3.8, 4) is 5.75 Å². The molecule has 1 atom stereocenters. The van der Waals surface area contributed by atoms with E-state index in [0.29, 0.717) is 0 Å². The molecule has 5 heteroatoms. The summed E-state index contributed by atoms with van der Waals surface area (Å²) in [6.07, 6.45) is 19.7. The second-order valence-corrected chi connectivity index (χ2v) is 16.7. The zero-order chi connectivity index (χ0) is 20.5. The number of rotatable bonds is 18. The van der Waals surface area contributed by atoms with E-state index in [1.807, 2.05) is 30.3 Å². The van der Waals surface area contributed by atoms with Gasteiger partial charge in [0.25, 0.3) is 0 Å². The quantitative estimate of drug-likeness (QED) is 0.119. The third kappa shape index (κ3) is 14.1. The molecule has 0 saturated heterocycles. The molecule has 0 aromatic heterocycles. The number of hydrogen-bond acceptors (Lipinski definition) is 1. The first-order valence-corrected chi connectivity index (χ1v) is 16.4. The van der Waals surface area contributed by atoms with E-state index in [1.54, 1.807) is 0 Å². The third-order valence-corrected chi connectivity index (χ3v) is 8.53. The second kappa shape index (κ2) is 16.9. The lowest BCUT2D eigenvalue weighted by atomic mass is 10.0. The number of ether oxygens (including phenoxy) is 1. The van der Waals surface area contributed by atoms with Crippen molar-refractivity contribution in [2.75, 3.05) is 0 Å². The molecule has 1 unspecified atom stereocenters. The molecule has 0 aliphatic rings. The molecular formula is C23H39Cl3OSi. The van der Waals surface area contributed by atoms with Crippen molar-refractivity contribution in [1.82, 2.24) is 0 Å². The van der Waals surface area contributed by atoms with Gasteiger partial charge >= 0.3 is 6.00 Å². The average Bonchev–Trinajstić information content (AvgIpc) is 2.67. The highest BCUT2D eigenvalue weighted by Gasteiger charge is 2.38. The molecule has 0 bridgehead atoms. The first-order chi connectivity index (χ1) is 13.5. The molecular weight excluding hydrogens is 427 g/mol. The SMILES string of the molecule is CCCCCCCCCCCCCCCCC(Oc1ccccc1)[Si](Cl)(Cl)Cl. The van der Waals surface area contributed by atoms with Crippen LogP contribution in [-0.4, -0.2) is 11.7 Å². The Kier molecular flexibility index (Phi) is 15.7. The van der Waals surface area contributed by atoms with Crippen LogP contribution >= 0.6 is 33.2 Å². The van der Waals surface area contributed by atoms with Crippen LogP contribution < -0.4 is 4.74 Å². The highest BCUT2D eigenvalue weighted by atomic mass is 35.8. The Morgan fingerprint density at radius 1 is 0.679 bits per heavy atom. The second-order valence-electron chi connectivity index (χ2n) is 7.85. The van der Waals surface area contributed by atoms with Gasteiger partial charge in [0.2, 0.25) is 0 Å². The fourth-order valence-electron chi connectivity index (χ4n) is 3.48. The average molecular weight is 466 g/mol. The molecule has 28 heavy (non-hydrogen) atoms. The van der Waals surface area contributed by atoms with Crippen molar-refractivity contribution < 1.29 is 4.74 Å². The molecule has 0 aliphatic carbocycles. The monoisotopic (exact) mass is 464 g/mol. The van der Waals surface area contributed by atoms with Crippen LogP contribution in [0.1, 0.15) is 103 Å². The van der Waals surface area contributed by atoms with Crippen molar-refractivity contribution in [2.45, 2.75) is 109 Å². The van der Waals surface area contributed by atoms with E-state index in [2.05, 4.69) is 6.92 Å². The van der Waals surface area contributed by atoms with Crippen molar-refractivity contribution in [3.05, 3.63) is 30.3 Å². The van der Waals surface area contributed by atoms with Gasteiger partial charge in [-0.3, -0.25) is 0 Å². The first kappa shape index (κ1) is 26.1. The maximum Gasteiger partial charge on any atom is 0.381 e. The van der Waals surface area contributed by atoms with Gasteiger partial charge in [-0.25, -0.2) is 0 Å². The minimum atomic E-state index is -2.88. The molecule has 0 amide bonds. The first-order valence-electron chi connectivity index (χ1n) is 11.3. The standard InChI is InChI=1S/C23H39Cl3OSi/c1-2-3-4-5-6-7-8-9-10-11-12-13-14-18-21-23(28(24,25)26)27-22-19-16-15-17-20-22/h15-17,19-20,23H,2-14,18,21H2,1H3. The molecule has 162 valence electrons. The number of unbranched alkanes of at least 4 members (excludes halogenated alkanes) is 13. The lowest BCUT2D eigenvalue weighted by Crippen LogP contribution is -2.36. The van der Waals surface area contributed by atoms with Gasteiger partial charge in [0.05, 0.1) is 0 Å². The van der Waals surface area contributed by atoms with Crippen molar-refractivity contribution in [3.63, 3.8) is 0 Å². The highest BCUT2D eigenvalue weighted by molar-refractivity contribution is 7.65. The van der Waals surface area contributed by atoms with Gasteiger partial charge in [0.1, 0.15) is 11.5 Å². The van der Waals surface area contributed by atoms with Crippen LogP contribution in [0.4, 0.5) is 0 Å². The normalized spacial score (nSPS) is 12.9. The molecule has 0 heterocycles. The molecule has 0 fully saturated rings. The Labute approximate surface area is 188 Å². The van der Waals surface area contributed by atoms with E-state index in [9.17, 15) is 0 Å². The van der Waals surface area contributed by atoms with Crippen LogP contribution in [-0.2, 0) is 0 Å². The van der Waals surface area contributed by atoms with Crippen LogP contribution in [0, 0.1) is 0 Å². The summed E-state index contributed by atoms with van der Waals surface area (Å²) in [6, 6.07) is 6.81. The van der Waals surface area contributed by atoms with Gasteiger partial charge in [0.15, 0.2) is 0 Å². The predicted octanol–water partition coefficient (Wildman–Crippen LogP) is 9.50. The summed E-state index contributed by atoms with van der Waals surface area (Å²) in [6.45, 7) is 2.28. The Hall–Kier alpha value is 0.107. The summed E-state index contributed by atoms with van der Waals surface area (Å²) in [5, 5.41) is 0. The molecule has 1 rings (SSSR count). The van der Waals surface area contributed by atoms with E-state index in [0.717, 1.165) is 18.6 Å². The van der Waals surface area contributed by atoms with Crippen LogP contribution in [0.25, 0.3) is 0 Å². The van der Waals surface area contributed by atoms with E-state index in [-0.39, 0.29) is 5.73 Å². The molecule has 1 nitrogen and oxygen atoms in total. The Morgan fingerprint density at radius 3 is 1.54 bits per heavy atom. The largest absolute Gasteiger partial charge is 0.490 e. The number of hydrogen-bond donors (Lipinski definition) is 0. The Bertz CT molecular complexity index is 465. The molecule has 0 saturated carbocycles. The van der Waals surface area contributed by atoms with Gasteiger partial charge in [-0.15, -0.1) is 33.2 Å². The fraction of sp³-hybridized carbons (Fsp3) is 0.739. The van der Waals surface area contributed by atoms with Crippen LogP contribution in [0.5, 0.6) is 5.75 Å². The van der Waals surface area contributed by atoms with E-state index in [1.165, 1.54) is 83.5 Å². The smallest absolute Gasteiger partial charge is 0.381 e. The molecule has 0 spiro atoms. The van der Waals surface area contributed by atoms with Gasteiger partial charge in [0, 0.05) is 0 Å². The van der Waals surface area contributed by atoms with Crippen molar-refractivity contribution in [2.24, 2.45) is 0 Å². The van der Waals surface area contributed by atoms with Gasteiger partial charge in [-0.1, -0.05) is 109 Å². The van der Waals surface area contributed by atoms with E-state index >= 15 is 0 Å². The molecule has 0 radical (unpaired) electrons. The number of benzene rings is 1. The molecule has 0 aliphatic heterocycles. The van der Waals surface area contributed by atoms with Crippen molar-refractivity contribution >= 4 is 39.2 Å². The Morgan fingerprint density at radius 2 is 1.11 bits per heavy atom. The van der Waals surface area contributed by atoms with Gasteiger partial charge < -0.3 is 4.74 Å². The van der Waals surface area contributed by atoms with Crippen LogP contribution in [0.3, 0.4) is 0 Å². The summed E-state index contributed by atoms with van der Waals surface area (Å²) in [7, 11) is 0. The molecule has 0 N–H and O–H groups in total. The fourth-order valence-corrected chi connectivity index (χ4v) is 5.66. The van der Waals surface area contributed by atoms with Gasteiger partial charge in [-0.2, -0.15) is 0 Å². The van der Waals surface area contributed by atoms with Crippen molar-refractivity contribution in [1.29, 1.82) is 0 Å². The molecule has 1 aromatic carbocycles. The van der Waals surface area contributed by atoms with Crippen LogP contribution in [0.2, 0.25) is 0 Å². The van der Waals surface area contributed by atoms with E-state index < -0.39 is 6.00 Å². The minimum absolute atomic E-state index is 0.266. The number of para-hydroxylation sites is 1. The summed E-state index contributed by atoms with van der Waals surface area (Å²) in [4.78, 5) is 0.